The van der Waals surface area contributed by atoms with Gasteiger partial charge in [-0.05, 0) is 32.4 Å². The van der Waals surface area contributed by atoms with E-state index in [9.17, 15) is 9.59 Å². The number of fused-ring (bicyclic) bond motifs is 1. The van der Waals surface area contributed by atoms with Crippen molar-refractivity contribution in [3.05, 3.63) is 70.9 Å². The van der Waals surface area contributed by atoms with E-state index in [1.54, 1.807) is 6.92 Å². The van der Waals surface area contributed by atoms with E-state index in [2.05, 4.69) is 4.98 Å². The lowest BCUT2D eigenvalue weighted by atomic mass is 10.0. The van der Waals surface area contributed by atoms with Gasteiger partial charge in [0, 0.05) is 22.2 Å². The number of para-hydroxylation sites is 1. The summed E-state index contributed by atoms with van der Waals surface area (Å²) in [4.78, 5) is 28.1. The number of ether oxygens (including phenoxy) is 1. The molecular weight excluding hydrogens is 314 g/mol. The van der Waals surface area contributed by atoms with Crippen LogP contribution in [-0.4, -0.2) is 22.8 Å². The summed E-state index contributed by atoms with van der Waals surface area (Å²) >= 11 is 0. The smallest absolute Gasteiger partial charge is 0.310 e. The maximum atomic E-state index is 12.8. The van der Waals surface area contributed by atoms with Crippen molar-refractivity contribution in [1.29, 1.82) is 0 Å². The Bertz CT molecular complexity index is 922. The van der Waals surface area contributed by atoms with E-state index in [0.29, 0.717) is 5.56 Å². The van der Waals surface area contributed by atoms with Crippen molar-refractivity contribution in [3.63, 3.8) is 0 Å². The highest BCUT2D eigenvalue weighted by Gasteiger charge is 2.24. The third kappa shape index (κ3) is 3.63. The molecule has 0 saturated heterocycles. The minimum Gasteiger partial charge on any atom is -0.454 e. The largest absolute Gasteiger partial charge is 0.454 e. The topological polar surface area (TPSA) is 59.2 Å². The van der Waals surface area contributed by atoms with Crippen molar-refractivity contribution in [2.24, 2.45) is 0 Å². The summed E-state index contributed by atoms with van der Waals surface area (Å²) < 4.78 is 5.37. The summed E-state index contributed by atoms with van der Waals surface area (Å²) in [7, 11) is 0. The number of hydrogen-bond donors (Lipinski definition) is 1. The van der Waals surface area contributed by atoms with Gasteiger partial charge in [-0.2, -0.15) is 0 Å². The Hall–Kier alpha value is -2.88. The number of Topliss-reactive ketones (excluding diaryl/α,β-unsaturated/α-hetero) is 1. The van der Waals surface area contributed by atoms with Crippen LogP contribution >= 0.6 is 0 Å². The van der Waals surface area contributed by atoms with Crippen molar-refractivity contribution in [3.8, 4) is 0 Å². The highest BCUT2D eigenvalue weighted by atomic mass is 16.5. The zero-order chi connectivity index (χ0) is 18.0. The maximum absolute atomic E-state index is 12.8. The average Bonchev–Trinajstić information content (AvgIpc) is 2.91. The van der Waals surface area contributed by atoms with E-state index >= 15 is 0 Å². The maximum Gasteiger partial charge on any atom is 0.310 e. The molecule has 4 nitrogen and oxygen atoms in total. The Labute approximate surface area is 146 Å². The predicted molar refractivity (Wildman–Crippen MR) is 97.8 cm³/mol. The molecule has 0 saturated carbocycles. The van der Waals surface area contributed by atoms with Gasteiger partial charge in [0.15, 0.2) is 6.10 Å². The van der Waals surface area contributed by atoms with E-state index in [1.165, 1.54) is 0 Å². The zero-order valence-electron chi connectivity index (χ0n) is 14.6. The van der Waals surface area contributed by atoms with E-state index in [0.717, 1.165) is 27.7 Å². The van der Waals surface area contributed by atoms with Crippen LogP contribution in [0.25, 0.3) is 10.9 Å². The number of aryl methyl sites for hydroxylation is 2. The Kier molecular flexibility index (Phi) is 4.70. The molecule has 0 radical (unpaired) electrons. The number of hydrogen-bond acceptors (Lipinski definition) is 3. The monoisotopic (exact) mass is 335 g/mol. The van der Waals surface area contributed by atoms with E-state index < -0.39 is 12.1 Å². The molecule has 0 fully saturated rings. The number of H-pyrrole nitrogens is 1. The van der Waals surface area contributed by atoms with E-state index in [4.69, 9.17) is 4.74 Å². The molecule has 0 aliphatic carbocycles. The van der Waals surface area contributed by atoms with Gasteiger partial charge in [-0.1, -0.05) is 48.0 Å². The third-order valence-electron chi connectivity index (χ3n) is 4.29. The fourth-order valence-corrected chi connectivity index (χ4v) is 2.96. The van der Waals surface area contributed by atoms with Crippen molar-refractivity contribution < 1.29 is 14.3 Å². The van der Waals surface area contributed by atoms with Crippen LogP contribution in [-0.2, 0) is 16.0 Å². The summed E-state index contributed by atoms with van der Waals surface area (Å²) in [5, 5.41) is 0.853. The molecule has 128 valence electrons. The number of ketones is 1. The molecule has 0 bridgehead atoms. The quantitative estimate of drug-likeness (QED) is 0.563. The molecule has 0 aliphatic heterocycles. The average molecular weight is 335 g/mol. The Morgan fingerprint density at radius 1 is 1.04 bits per heavy atom. The fourth-order valence-electron chi connectivity index (χ4n) is 2.96. The summed E-state index contributed by atoms with van der Waals surface area (Å²) in [6.45, 7) is 5.47. The van der Waals surface area contributed by atoms with Crippen LogP contribution in [0.2, 0.25) is 0 Å². The lowest BCUT2D eigenvalue weighted by Crippen LogP contribution is -2.25. The van der Waals surface area contributed by atoms with Crippen LogP contribution in [0.4, 0.5) is 0 Å². The van der Waals surface area contributed by atoms with Crippen LogP contribution in [0.1, 0.15) is 34.1 Å². The molecule has 2 aromatic carbocycles. The van der Waals surface area contributed by atoms with Gasteiger partial charge >= 0.3 is 5.97 Å². The molecule has 0 spiro atoms. The number of esters is 1. The SMILES string of the molecule is Cc1ccc(CC(=O)O[C@H](C)C(=O)c2c(C)[nH]c3ccccc23)cc1. The number of carbonyl (C=O) groups excluding carboxylic acids is 2. The molecule has 1 atom stereocenters. The summed E-state index contributed by atoms with van der Waals surface area (Å²) in [5.41, 5.74) is 4.29. The number of aromatic amines is 1. The van der Waals surface area contributed by atoms with Gasteiger partial charge in [0.2, 0.25) is 5.78 Å². The number of carbonyl (C=O) groups is 2. The number of benzene rings is 2. The first-order valence-electron chi connectivity index (χ1n) is 8.32. The molecule has 3 rings (SSSR count). The molecule has 0 amide bonds. The van der Waals surface area contributed by atoms with Gasteiger partial charge < -0.3 is 9.72 Å². The number of rotatable bonds is 5. The summed E-state index contributed by atoms with van der Waals surface area (Å²) in [6, 6.07) is 15.3. The minimum absolute atomic E-state index is 0.158. The third-order valence-corrected chi connectivity index (χ3v) is 4.29. The first-order chi connectivity index (χ1) is 12.0. The van der Waals surface area contributed by atoms with Crippen LogP contribution in [0.3, 0.4) is 0 Å². The zero-order valence-corrected chi connectivity index (χ0v) is 14.6. The van der Waals surface area contributed by atoms with Crippen LogP contribution in [0, 0.1) is 13.8 Å². The second kappa shape index (κ2) is 6.93. The van der Waals surface area contributed by atoms with Gasteiger partial charge in [0.25, 0.3) is 0 Å². The highest BCUT2D eigenvalue weighted by Crippen LogP contribution is 2.24. The first-order valence-corrected chi connectivity index (χ1v) is 8.32. The van der Waals surface area contributed by atoms with Crippen molar-refractivity contribution in [2.45, 2.75) is 33.3 Å². The Morgan fingerprint density at radius 3 is 2.44 bits per heavy atom. The van der Waals surface area contributed by atoms with E-state index in [-0.39, 0.29) is 12.2 Å². The molecule has 3 aromatic rings. The van der Waals surface area contributed by atoms with Crippen LogP contribution in [0.15, 0.2) is 48.5 Å². The molecule has 1 heterocycles. The van der Waals surface area contributed by atoms with Gasteiger partial charge in [-0.15, -0.1) is 0 Å². The summed E-state index contributed by atoms with van der Waals surface area (Å²) in [5.74, 6) is -0.589. The van der Waals surface area contributed by atoms with Gasteiger partial charge in [0.1, 0.15) is 0 Å². The second-order valence-electron chi connectivity index (χ2n) is 6.33. The fraction of sp³-hybridized carbons (Fsp3) is 0.238. The van der Waals surface area contributed by atoms with Gasteiger partial charge in [-0.3, -0.25) is 9.59 Å². The molecule has 1 aromatic heterocycles. The first kappa shape index (κ1) is 17.0. The Morgan fingerprint density at radius 2 is 1.72 bits per heavy atom. The molecule has 4 heteroatoms. The number of nitrogens with one attached hydrogen (secondary N) is 1. The molecular formula is C21H21NO3. The lowest BCUT2D eigenvalue weighted by Gasteiger charge is -2.13. The Balaban J connectivity index is 1.72. The van der Waals surface area contributed by atoms with E-state index in [1.807, 2.05) is 62.4 Å². The predicted octanol–water partition coefficient (Wildman–Crippen LogP) is 4.14. The van der Waals surface area contributed by atoms with Crippen LogP contribution < -0.4 is 0 Å². The highest BCUT2D eigenvalue weighted by molar-refractivity contribution is 6.11. The normalized spacial score (nSPS) is 12.1. The molecule has 0 unspecified atom stereocenters. The van der Waals surface area contributed by atoms with Gasteiger partial charge in [-0.25, -0.2) is 0 Å². The van der Waals surface area contributed by atoms with Gasteiger partial charge in [0.05, 0.1) is 6.42 Å². The molecule has 0 aliphatic rings. The number of aromatic nitrogens is 1. The molecule has 25 heavy (non-hydrogen) atoms. The van der Waals surface area contributed by atoms with Crippen molar-refractivity contribution in [1.82, 2.24) is 4.98 Å². The van der Waals surface area contributed by atoms with Crippen LogP contribution in [0.5, 0.6) is 0 Å². The standard InChI is InChI=1S/C21H21NO3/c1-13-8-10-16(11-9-13)12-19(23)25-15(3)21(24)20-14(2)22-18-7-5-4-6-17(18)20/h4-11,15,22H,12H2,1-3H3/t15-/m1/s1. The lowest BCUT2D eigenvalue weighted by molar-refractivity contribution is -0.145. The minimum atomic E-state index is -0.823. The van der Waals surface area contributed by atoms with Crippen molar-refractivity contribution in [2.75, 3.05) is 0 Å². The molecule has 1 N–H and O–H groups in total. The second-order valence-corrected chi connectivity index (χ2v) is 6.33. The summed E-state index contributed by atoms with van der Waals surface area (Å²) in [6.07, 6.45) is -0.666. The van der Waals surface area contributed by atoms with Crippen molar-refractivity contribution >= 4 is 22.7 Å².